The van der Waals surface area contributed by atoms with Crippen LogP contribution in [0.2, 0.25) is 0 Å². The van der Waals surface area contributed by atoms with Crippen LogP contribution in [-0.2, 0) is 13.2 Å². The van der Waals surface area contributed by atoms with Gasteiger partial charge in [0.2, 0.25) is 0 Å². The smallest absolute Gasteiger partial charge is 0.0685 e. The van der Waals surface area contributed by atoms with Gasteiger partial charge in [-0.2, -0.15) is 0 Å². The Balaban J connectivity index is 3.19. The first-order chi connectivity index (χ1) is 5.69. The predicted octanol–water partition coefficient (Wildman–Crippen LogP) is 1.88. The van der Waals surface area contributed by atoms with E-state index in [0.717, 1.165) is 18.3 Å². The second-order valence-electron chi connectivity index (χ2n) is 2.35. The lowest BCUT2D eigenvalue weighted by Crippen LogP contribution is -1.96. The lowest BCUT2D eigenvalue weighted by Gasteiger charge is -2.06. The Labute approximate surface area is 98.3 Å². The predicted molar refractivity (Wildman–Crippen MR) is 63.7 cm³/mol. The maximum Gasteiger partial charge on any atom is 0.0685 e. The third-order valence-electron chi connectivity index (χ3n) is 1.58. The average molecular weight is 390 g/mol. The summed E-state index contributed by atoms with van der Waals surface area (Å²) in [4.78, 5) is 0. The van der Waals surface area contributed by atoms with Crippen LogP contribution >= 0.6 is 45.2 Å². The van der Waals surface area contributed by atoms with Crippen molar-refractivity contribution >= 4 is 45.2 Å². The summed E-state index contributed by atoms with van der Waals surface area (Å²) in [6.45, 7) is -0.0222. The summed E-state index contributed by atoms with van der Waals surface area (Å²) in [6.07, 6.45) is 0. The number of aliphatic hydroxyl groups excluding tert-OH is 2. The Bertz CT molecular complexity index is 258. The molecule has 0 saturated carbocycles. The van der Waals surface area contributed by atoms with Crippen molar-refractivity contribution in [3.8, 4) is 0 Å². The van der Waals surface area contributed by atoms with Gasteiger partial charge in [0.25, 0.3) is 0 Å². The molecular weight excluding hydrogens is 382 g/mol. The molecule has 4 heteroatoms. The summed E-state index contributed by atoms with van der Waals surface area (Å²) in [5.41, 5.74) is 1.62. The van der Waals surface area contributed by atoms with Crippen LogP contribution in [0.4, 0.5) is 0 Å². The van der Waals surface area contributed by atoms with Crippen LogP contribution in [0.5, 0.6) is 0 Å². The average Bonchev–Trinajstić information content (AvgIpc) is 2.09. The normalized spacial score (nSPS) is 10.3. The molecule has 0 aromatic heterocycles. The Morgan fingerprint density at radius 2 is 1.25 bits per heavy atom. The fourth-order valence-corrected chi connectivity index (χ4v) is 1.99. The molecule has 0 aliphatic rings. The van der Waals surface area contributed by atoms with Gasteiger partial charge in [0.1, 0.15) is 0 Å². The summed E-state index contributed by atoms with van der Waals surface area (Å²) in [6, 6.07) is 3.79. The first kappa shape index (κ1) is 10.7. The molecule has 2 N–H and O–H groups in total. The minimum atomic E-state index is -0.0111. The Morgan fingerprint density at radius 1 is 0.917 bits per heavy atom. The zero-order valence-electron chi connectivity index (χ0n) is 6.22. The Kier molecular flexibility index (Phi) is 4.21. The van der Waals surface area contributed by atoms with E-state index in [0.29, 0.717) is 0 Å². The highest BCUT2D eigenvalue weighted by Crippen LogP contribution is 2.20. The molecule has 0 fully saturated rings. The van der Waals surface area contributed by atoms with Crippen molar-refractivity contribution in [1.82, 2.24) is 0 Å². The van der Waals surface area contributed by atoms with Crippen molar-refractivity contribution in [2.45, 2.75) is 13.2 Å². The zero-order chi connectivity index (χ0) is 9.14. The van der Waals surface area contributed by atoms with Crippen LogP contribution in [-0.4, -0.2) is 10.2 Å². The van der Waals surface area contributed by atoms with Gasteiger partial charge in [0.15, 0.2) is 0 Å². The molecule has 0 atom stereocenters. The fourth-order valence-electron chi connectivity index (χ4n) is 0.924. The van der Waals surface area contributed by atoms with Crippen molar-refractivity contribution in [3.63, 3.8) is 0 Å². The summed E-state index contributed by atoms with van der Waals surface area (Å²) < 4.78 is 2.21. The van der Waals surface area contributed by atoms with Crippen LogP contribution in [0.25, 0.3) is 0 Å². The van der Waals surface area contributed by atoms with E-state index in [4.69, 9.17) is 10.2 Å². The van der Waals surface area contributed by atoms with Gasteiger partial charge < -0.3 is 10.2 Å². The lowest BCUT2D eigenvalue weighted by atomic mass is 10.1. The minimum absolute atomic E-state index is 0.0111. The number of halogens is 2. The van der Waals surface area contributed by atoms with E-state index in [2.05, 4.69) is 45.2 Å². The second kappa shape index (κ2) is 4.73. The summed E-state index contributed by atoms with van der Waals surface area (Å²) in [5, 5.41) is 17.9. The SMILES string of the molecule is OCc1cc(I)c(I)cc1CO. The maximum absolute atomic E-state index is 8.95. The van der Waals surface area contributed by atoms with Crippen LogP contribution in [0.1, 0.15) is 11.1 Å². The van der Waals surface area contributed by atoms with Gasteiger partial charge in [-0.05, 0) is 68.4 Å². The maximum atomic E-state index is 8.95. The molecule has 0 unspecified atom stereocenters. The molecule has 0 saturated heterocycles. The number of hydrogen-bond acceptors (Lipinski definition) is 2. The molecule has 0 bridgehead atoms. The van der Waals surface area contributed by atoms with Gasteiger partial charge in [-0.25, -0.2) is 0 Å². The molecule has 1 rings (SSSR count). The van der Waals surface area contributed by atoms with E-state index in [9.17, 15) is 0 Å². The molecule has 0 amide bonds. The Hall–Kier alpha value is 0.600. The Morgan fingerprint density at radius 3 is 1.50 bits per heavy atom. The highest BCUT2D eigenvalue weighted by molar-refractivity contribution is 14.1. The first-order valence-corrected chi connectivity index (χ1v) is 5.53. The standard InChI is InChI=1S/C8H8I2O2/c9-7-1-5(3-11)6(4-12)2-8(7)10/h1-2,11-12H,3-4H2. The number of rotatable bonds is 2. The first-order valence-electron chi connectivity index (χ1n) is 3.37. The largest absolute Gasteiger partial charge is 0.392 e. The van der Waals surface area contributed by atoms with Crippen LogP contribution < -0.4 is 0 Å². The van der Waals surface area contributed by atoms with Gasteiger partial charge in [0, 0.05) is 7.14 Å². The molecule has 2 nitrogen and oxygen atoms in total. The van der Waals surface area contributed by atoms with Crippen molar-refractivity contribution in [2.24, 2.45) is 0 Å². The number of benzene rings is 1. The molecule has 1 aromatic carbocycles. The van der Waals surface area contributed by atoms with E-state index < -0.39 is 0 Å². The summed E-state index contributed by atoms with van der Waals surface area (Å²) in [7, 11) is 0. The van der Waals surface area contributed by atoms with E-state index in [1.54, 1.807) is 0 Å². The zero-order valence-corrected chi connectivity index (χ0v) is 10.5. The van der Waals surface area contributed by atoms with Gasteiger partial charge in [0.05, 0.1) is 13.2 Å². The highest BCUT2D eigenvalue weighted by atomic mass is 127. The third kappa shape index (κ3) is 2.30. The van der Waals surface area contributed by atoms with Crippen molar-refractivity contribution in [1.29, 1.82) is 0 Å². The van der Waals surface area contributed by atoms with Crippen LogP contribution in [0, 0.1) is 7.14 Å². The van der Waals surface area contributed by atoms with E-state index >= 15 is 0 Å². The molecule has 1 aromatic rings. The van der Waals surface area contributed by atoms with Gasteiger partial charge in [-0.3, -0.25) is 0 Å². The van der Waals surface area contributed by atoms with E-state index in [1.165, 1.54) is 0 Å². The third-order valence-corrected chi connectivity index (χ3v) is 4.40. The molecule has 66 valence electrons. The van der Waals surface area contributed by atoms with Gasteiger partial charge in [-0.1, -0.05) is 0 Å². The van der Waals surface area contributed by atoms with Crippen molar-refractivity contribution in [3.05, 3.63) is 30.4 Å². The molecule has 12 heavy (non-hydrogen) atoms. The van der Waals surface area contributed by atoms with Crippen LogP contribution in [0.3, 0.4) is 0 Å². The molecule has 0 aliphatic carbocycles. The number of hydrogen-bond donors (Lipinski definition) is 2. The molecular formula is C8H8I2O2. The summed E-state index contributed by atoms with van der Waals surface area (Å²) in [5.74, 6) is 0. The molecule has 0 aliphatic heterocycles. The van der Waals surface area contributed by atoms with Gasteiger partial charge in [-0.15, -0.1) is 0 Å². The second-order valence-corrected chi connectivity index (χ2v) is 4.68. The monoisotopic (exact) mass is 390 g/mol. The highest BCUT2D eigenvalue weighted by Gasteiger charge is 2.04. The van der Waals surface area contributed by atoms with E-state index in [1.807, 2.05) is 12.1 Å². The van der Waals surface area contributed by atoms with Gasteiger partial charge >= 0.3 is 0 Å². The quantitative estimate of drug-likeness (QED) is 0.758. The lowest BCUT2D eigenvalue weighted by molar-refractivity contribution is 0.260. The molecule has 0 spiro atoms. The van der Waals surface area contributed by atoms with Crippen molar-refractivity contribution in [2.75, 3.05) is 0 Å². The summed E-state index contributed by atoms with van der Waals surface area (Å²) >= 11 is 4.41. The molecule has 0 radical (unpaired) electrons. The fraction of sp³-hybridized carbons (Fsp3) is 0.250. The van der Waals surface area contributed by atoms with Crippen molar-refractivity contribution < 1.29 is 10.2 Å². The topological polar surface area (TPSA) is 40.5 Å². The van der Waals surface area contributed by atoms with E-state index in [-0.39, 0.29) is 13.2 Å². The minimum Gasteiger partial charge on any atom is -0.392 e. The van der Waals surface area contributed by atoms with Crippen LogP contribution in [0.15, 0.2) is 12.1 Å². The molecule has 0 heterocycles. The number of aliphatic hydroxyl groups is 2.